The summed E-state index contributed by atoms with van der Waals surface area (Å²) >= 11 is 5.92. The summed E-state index contributed by atoms with van der Waals surface area (Å²) in [5, 5.41) is 3.24. The van der Waals surface area contributed by atoms with Gasteiger partial charge < -0.3 is 5.32 Å². The van der Waals surface area contributed by atoms with E-state index >= 15 is 0 Å². The Labute approximate surface area is 91.5 Å². The zero-order chi connectivity index (χ0) is 10.7. The highest BCUT2D eigenvalue weighted by Gasteiger charge is 2.13. The molecule has 0 aromatic heterocycles. The van der Waals surface area contributed by atoms with E-state index in [1.165, 1.54) is 22.3 Å². The standard InChI is InChI=1S/C12H18ClN/c1-8-5-9(2)12(10(3)6-8)11(7-13)14-4/h5-6,11,14H,7H2,1-4H3. The molecular weight excluding hydrogens is 194 g/mol. The van der Waals surface area contributed by atoms with Crippen LogP contribution in [-0.4, -0.2) is 12.9 Å². The Morgan fingerprint density at radius 3 is 2.07 bits per heavy atom. The fourth-order valence-electron chi connectivity index (χ4n) is 2.04. The van der Waals surface area contributed by atoms with Crippen molar-refractivity contribution in [3.63, 3.8) is 0 Å². The average Bonchev–Trinajstić information content (AvgIpc) is 2.10. The van der Waals surface area contributed by atoms with Crippen LogP contribution in [0.2, 0.25) is 0 Å². The molecule has 0 aliphatic heterocycles. The second-order valence-corrected chi connectivity index (χ2v) is 4.12. The zero-order valence-electron chi connectivity index (χ0n) is 9.32. The number of alkyl halides is 1. The first kappa shape index (κ1) is 11.5. The normalized spacial score (nSPS) is 12.9. The molecule has 1 unspecified atom stereocenters. The zero-order valence-corrected chi connectivity index (χ0v) is 10.1. The molecule has 0 saturated heterocycles. The van der Waals surface area contributed by atoms with E-state index in [1.54, 1.807) is 0 Å². The SMILES string of the molecule is CNC(CCl)c1c(C)cc(C)cc1C. The summed E-state index contributed by atoms with van der Waals surface area (Å²) in [6.07, 6.45) is 0. The molecule has 0 aliphatic rings. The largest absolute Gasteiger partial charge is 0.312 e. The number of rotatable bonds is 3. The van der Waals surface area contributed by atoms with Gasteiger partial charge in [-0.3, -0.25) is 0 Å². The van der Waals surface area contributed by atoms with Crippen LogP contribution in [0.25, 0.3) is 0 Å². The Hall–Kier alpha value is -0.530. The monoisotopic (exact) mass is 211 g/mol. The maximum absolute atomic E-state index is 5.92. The fourth-order valence-corrected chi connectivity index (χ4v) is 2.35. The van der Waals surface area contributed by atoms with Gasteiger partial charge in [0, 0.05) is 11.9 Å². The molecule has 0 saturated carbocycles. The lowest BCUT2D eigenvalue weighted by molar-refractivity contribution is 0.650. The lowest BCUT2D eigenvalue weighted by Gasteiger charge is -2.19. The minimum absolute atomic E-state index is 0.261. The predicted molar refractivity (Wildman–Crippen MR) is 63.2 cm³/mol. The van der Waals surface area contributed by atoms with Crippen LogP contribution in [0, 0.1) is 20.8 Å². The molecule has 14 heavy (non-hydrogen) atoms. The Balaban J connectivity index is 3.19. The smallest absolute Gasteiger partial charge is 0.0460 e. The van der Waals surface area contributed by atoms with Crippen LogP contribution in [0.1, 0.15) is 28.3 Å². The van der Waals surface area contributed by atoms with Crippen LogP contribution in [0.15, 0.2) is 12.1 Å². The van der Waals surface area contributed by atoms with Gasteiger partial charge in [0.1, 0.15) is 0 Å². The highest BCUT2D eigenvalue weighted by Crippen LogP contribution is 2.24. The lowest BCUT2D eigenvalue weighted by atomic mass is 9.95. The first-order valence-electron chi connectivity index (χ1n) is 4.91. The second-order valence-electron chi connectivity index (χ2n) is 3.81. The number of benzene rings is 1. The van der Waals surface area contributed by atoms with Crippen LogP contribution < -0.4 is 5.32 Å². The van der Waals surface area contributed by atoms with E-state index in [4.69, 9.17) is 11.6 Å². The summed E-state index contributed by atoms with van der Waals surface area (Å²) in [5.74, 6) is 0.612. The molecule has 1 nitrogen and oxygen atoms in total. The summed E-state index contributed by atoms with van der Waals surface area (Å²) < 4.78 is 0. The molecule has 0 bridgehead atoms. The van der Waals surface area contributed by atoms with Gasteiger partial charge in [-0.05, 0) is 44.5 Å². The van der Waals surface area contributed by atoms with Gasteiger partial charge in [0.15, 0.2) is 0 Å². The number of hydrogen-bond donors (Lipinski definition) is 1. The Morgan fingerprint density at radius 2 is 1.71 bits per heavy atom. The third kappa shape index (κ3) is 2.28. The van der Waals surface area contributed by atoms with Crippen molar-refractivity contribution in [1.29, 1.82) is 0 Å². The quantitative estimate of drug-likeness (QED) is 0.758. The van der Waals surface area contributed by atoms with Gasteiger partial charge in [-0.25, -0.2) is 0 Å². The summed E-state index contributed by atoms with van der Waals surface area (Å²) in [6.45, 7) is 6.41. The molecule has 1 aromatic carbocycles. The third-order valence-corrected chi connectivity index (χ3v) is 2.90. The van der Waals surface area contributed by atoms with Gasteiger partial charge >= 0.3 is 0 Å². The molecule has 0 aliphatic carbocycles. The van der Waals surface area contributed by atoms with Crippen molar-refractivity contribution >= 4 is 11.6 Å². The third-order valence-electron chi connectivity index (χ3n) is 2.59. The van der Waals surface area contributed by atoms with E-state index in [9.17, 15) is 0 Å². The van der Waals surface area contributed by atoms with Crippen molar-refractivity contribution < 1.29 is 0 Å². The molecule has 0 heterocycles. The molecule has 78 valence electrons. The molecule has 2 heteroatoms. The van der Waals surface area contributed by atoms with E-state index in [2.05, 4.69) is 38.2 Å². The van der Waals surface area contributed by atoms with Crippen LogP contribution in [0.5, 0.6) is 0 Å². The van der Waals surface area contributed by atoms with Crippen LogP contribution in [-0.2, 0) is 0 Å². The van der Waals surface area contributed by atoms with Crippen LogP contribution >= 0.6 is 11.6 Å². The minimum atomic E-state index is 0.261. The maximum atomic E-state index is 5.92. The van der Waals surface area contributed by atoms with Gasteiger partial charge in [-0.2, -0.15) is 0 Å². The van der Waals surface area contributed by atoms with E-state index in [1.807, 2.05) is 7.05 Å². The summed E-state index contributed by atoms with van der Waals surface area (Å²) in [5.41, 5.74) is 5.30. The summed E-state index contributed by atoms with van der Waals surface area (Å²) in [6, 6.07) is 4.68. The summed E-state index contributed by atoms with van der Waals surface area (Å²) in [7, 11) is 1.95. The molecule has 0 fully saturated rings. The molecule has 0 spiro atoms. The van der Waals surface area contributed by atoms with E-state index in [0.717, 1.165) is 0 Å². The second kappa shape index (κ2) is 4.81. The van der Waals surface area contributed by atoms with Crippen molar-refractivity contribution in [2.45, 2.75) is 26.8 Å². The fraction of sp³-hybridized carbons (Fsp3) is 0.500. The van der Waals surface area contributed by atoms with E-state index in [0.29, 0.717) is 5.88 Å². The lowest BCUT2D eigenvalue weighted by Crippen LogP contribution is -2.20. The van der Waals surface area contributed by atoms with Crippen molar-refractivity contribution in [3.8, 4) is 0 Å². The molecule has 1 N–H and O–H groups in total. The molecular formula is C12H18ClN. The predicted octanol–water partition coefficient (Wildman–Crippen LogP) is 3.11. The highest BCUT2D eigenvalue weighted by molar-refractivity contribution is 6.18. The van der Waals surface area contributed by atoms with Crippen LogP contribution in [0.3, 0.4) is 0 Å². The Bertz CT molecular complexity index is 293. The first-order chi connectivity index (χ1) is 6.60. The topological polar surface area (TPSA) is 12.0 Å². The van der Waals surface area contributed by atoms with Crippen molar-refractivity contribution in [1.82, 2.24) is 5.32 Å². The van der Waals surface area contributed by atoms with Crippen molar-refractivity contribution in [2.75, 3.05) is 12.9 Å². The van der Waals surface area contributed by atoms with Crippen molar-refractivity contribution in [3.05, 3.63) is 34.4 Å². The highest BCUT2D eigenvalue weighted by atomic mass is 35.5. The average molecular weight is 212 g/mol. The van der Waals surface area contributed by atoms with Crippen molar-refractivity contribution in [2.24, 2.45) is 0 Å². The Kier molecular flexibility index (Phi) is 3.97. The molecule has 1 aromatic rings. The van der Waals surface area contributed by atoms with Gasteiger partial charge in [0.2, 0.25) is 0 Å². The number of hydrogen-bond acceptors (Lipinski definition) is 1. The first-order valence-corrected chi connectivity index (χ1v) is 5.44. The van der Waals surface area contributed by atoms with Gasteiger partial charge in [0.25, 0.3) is 0 Å². The Morgan fingerprint density at radius 1 is 1.21 bits per heavy atom. The summed E-state index contributed by atoms with van der Waals surface area (Å²) in [4.78, 5) is 0. The van der Waals surface area contributed by atoms with Crippen LogP contribution in [0.4, 0.5) is 0 Å². The number of halogens is 1. The molecule has 1 atom stereocenters. The molecule has 0 radical (unpaired) electrons. The van der Waals surface area contributed by atoms with Gasteiger partial charge in [-0.15, -0.1) is 11.6 Å². The van der Waals surface area contributed by atoms with Gasteiger partial charge in [0.05, 0.1) is 0 Å². The molecule has 1 rings (SSSR count). The van der Waals surface area contributed by atoms with Gasteiger partial charge in [-0.1, -0.05) is 17.7 Å². The number of nitrogens with one attached hydrogen (secondary N) is 1. The minimum Gasteiger partial charge on any atom is -0.312 e. The van der Waals surface area contributed by atoms with E-state index in [-0.39, 0.29) is 6.04 Å². The molecule has 0 amide bonds. The maximum Gasteiger partial charge on any atom is 0.0460 e. The van der Waals surface area contributed by atoms with E-state index < -0.39 is 0 Å². The number of aryl methyl sites for hydroxylation is 3.